The summed E-state index contributed by atoms with van der Waals surface area (Å²) >= 11 is 3.34. The molecule has 2 saturated heterocycles. The molecule has 0 saturated carbocycles. The standard InChI is InChI=1S/C16H24BrN5O2.ClH/c17-13-8-20-22(10-13)11-15(23)21-6-2-3-12(9-21)7-19-16(24)14-4-1-5-18-14;/h8,10,12,14,18H,1-7,9,11H2,(H,19,24);1H. The lowest BCUT2D eigenvalue weighted by Gasteiger charge is -2.33. The molecule has 0 aromatic carbocycles. The van der Waals surface area contributed by atoms with Crippen LogP contribution in [0.25, 0.3) is 0 Å². The molecule has 0 spiro atoms. The minimum atomic E-state index is -0.0374. The molecular formula is C16H25BrClN5O2. The molecule has 3 rings (SSSR count). The molecule has 1 aromatic rings. The number of carbonyl (C=O) groups is 2. The van der Waals surface area contributed by atoms with E-state index in [-0.39, 0.29) is 36.8 Å². The van der Waals surface area contributed by atoms with E-state index in [1.807, 2.05) is 4.90 Å². The van der Waals surface area contributed by atoms with Crippen molar-refractivity contribution >= 4 is 40.2 Å². The number of nitrogens with zero attached hydrogens (tertiary/aromatic N) is 3. The Morgan fingerprint density at radius 3 is 2.88 bits per heavy atom. The number of nitrogens with one attached hydrogen (secondary N) is 2. The van der Waals surface area contributed by atoms with Gasteiger partial charge in [0.25, 0.3) is 0 Å². The number of rotatable bonds is 5. The van der Waals surface area contributed by atoms with Gasteiger partial charge in [0, 0.05) is 25.8 Å². The Balaban J connectivity index is 0.00000225. The normalized spacial score (nSPS) is 23.2. The van der Waals surface area contributed by atoms with E-state index in [1.165, 1.54) is 0 Å². The van der Waals surface area contributed by atoms with Crippen LogP contribution in [0.2, 0.25) is 0 Å². The number of hydrogen-bond donors (Lipinski definition) is 2. The first kappa shape index (κ1) is 20.2. The molecule has 2 fully saturated rings. The Morgan fingerprint density at radius 2 is 2.20 bits per heavy atom. The van der Waals surface area contributed by atoms with Gasteiger partial charge >= 0.3 is 0 Å². The highest BCUT2D eigenvalue weighted by Crippen LogP contribution is 2.17. The zero-order valence-electron chi connectivity index (χ0n) is 14.1. The molecule has 7 nitrogen and oxygen atoms in total. The Morgan fingerprint density at radius 1 is 1.36 bits per heavy atom. The number of halogens is 2. The third-order valence-corrected chi connectivity index (χ3v) is 5.12. The van der Waals surface area contributed by atoms with Gasteiger partial charge in [-0.25, -0.2) is 0 Å². The van der Waals surface area contributed by atoms with Gasteiger partial charge in [-0.1, -0.05) is 0 Å². The highest BCUT2D eigenvalue weighted by Gasteiger charge is 2.26. The summed E-state index contributed by atoms with van der Waals surface area (Å²) in [6.45, 7) is 3.33. The third-order valence-electron chi connectivity index (χ3n) is 4.71. The van der Waals surface area contributed by atoms with Gasteiger partial charge in [-0.15, -0.1) is 12.4 Å². The molecule has 2 aliphatic heterocycles. The van der Waals surface area contributed by atoms with Crippen molar-refractivity contribution in [3.8, 4) is 0 Å². The van der Waals surface area contributed by atoms with Crippen LogP contribution in [0, 0.1) is 5.92 Å². The zero-order chi connectivity index (χ0) is 16.9. The molecule has 0 aliphatic carbocycles. The summed E-state index contributed by atoms with van der Waals surface area (Å²) in [6, 6.07) is -0.0374. The number of piperidine rings is 1. The van der Waals surface area contributed by atoms with Crippen LogP contribution < -0.4 is 10.6 Å². The van der Waals surface area contributed by atoms with E-state index < -0.39 is 0 Å². The number of hydrogen-bond acceptors (Lipinski definition) is 4. The Hall–Kier alpha value is -1.12. The highest BCUT2D eigenvalue weighted by molar-refractivity contribution is 9.10. The number of likely N-dealkylation sites (tertiary alicyclic amines) is 1. The van der Waals surface area contributed by atoms with Crippen LogP contribution >= 0.6 is 28.3 Å². The minimum absolute atomic E-state index is 0. The second-order valence-corrected chi connectivity index (χ2v) is 7.51. The van der Waals surface area contributed by atoms with Gasteiger partial charge in [0.15, 0.2) is 0 Å². The summed E-state index contributed by atoms with van der Waals surface area (Å²) in [5, 5.41) is 10.4. The molecular weight excluding hydrogens is 410 g/mol. The van der Waals surface area contributed by atoms with Gasteiger partial charge in [-0.3, -0.25) is 14.3 Å². The van der Waals surface area contributed by atoms with Gasteiger partial charge in [-0.2, -0.15) is 5.10 Å². The maximum Gasteiger partial charge on any atom is 0.244 e. The second-order valence-electron chi connectivity index (χ2n) is 6.60. The van der Waals surface area contributed by atoms with Crippen molar-refractivity contribution in [1.29, 1.82) is 0 Å². The van der Waals surface area contributed by atoms with Crippen molar-refractivity contribution in [3.63, 3.8) is 0 Å². The first-order valence-corrected chi connectivity index (χ1v) is 9.38. The fraction of sp³-hybridized carbons (Fsp3) is 0.688. The fourth-order valence-electron chi connectivity index (χ4n) is 3.40. The molecule has 25 heavy (non-hydrogen) atoms. The second kappa shape index (κ2) is 9.54. The molecule has 2 unspecified atom stereocenters. The van der Waals surface area contributed by atoms with E-state index in [2.05, 4.69) is 31.7 Å². The number of aromatic nitrogens is 2. The van der Waals surface area contributed by atoms with Gasteiger partial charge < -0.3 is 15.5 Å². The molecule has 1 aromatic heterocycles. The van der Waals surface area contributed by atoms with Gasteiger partial charge in [0.2, 0.25) is 11.8 Å². The number of amides is 2. The van der Waals surface area contributed by atoms with E-state index in [4.69, 9.17) is 0 Å². The molecule has 0 bridgehead atoms. The van der Waals surface area contributed by atoms with Gasteiger partial charge in [0.05, 0.1) is 16.7 Å². The van der Waals surface area contributed by atoms with Crippen LogP contribution in [-0.4, -0.2) is 58.7 Å². The lowest BCUT2D eigenvalue weighted by molar-refractivity contribution is -0.133. The quantitative estimate of drug-likeness (QED) is 0.729. The molecule has 3 heterocycles. The lowest BCUT2D eigenvalue weighted by Crippen LogP contribution is -2.47. The average Bonchev–Trinajstić information content (AvgIpc) is 3.25. The molecule has 140 valence electrons. The summed E-state index contributed by atoms with van der Waals surface area (Å²) in [4.78, 5) is 26.4. The van der Waals surface area contributed by atoms with E-state index in [0.717, 1.165) is 43.2 Å². The van der Waals surface area contributed by atoms with E-state index in [0.29, 0.717) is 19.0 Å². The maximum absolute atomic E-state index is 12.4. The van der Waals surface area contributed by atoms with E-state index in [1.54, 1.807) is 17.1 Å². The molecule has 2 atom stereocenters. The molecule has 2 aliphatic rings. The smallest absolute Gasteiger partial charge is 0.244 e. The average molecular weight is 435 g/mol. The topological polar surface area (TPSA) is 79.3 Å². The number of carbonyl (C=O) groups excluding carboxylic acids is 2. The Kier molecular flexibility index (Phi) is 7.71. The summed E-state index contributed by atoms with van der Waals surface area (Å²) in [6.07, 6.45) is 7.49. The van der Waals surface area contributed by atoms with E-state index in [9.17, 15) is 9.59 Å². The Labute approximate surface area is 162 Å². The fourth-order valence-corrected chi connectivity index (χ4v) is 3.73. The molecule has 9 heteroatoms. The summed E-state index contributed by atoms with van der Waals surface area (Å²) in [5.74, 6) is 0.508. The molecule has 0 radical (unpaired) electrons. The third kappa shape index (κ3) is 5.69. The molecule has 2 N–H and O–H groups in total. The van der Waals surface area contributed by atoms with Gasteiger partial charge in [0.1, 0.15) is 6.54 Å². The monoisotopic (exact) mass is 433 g/mol. The van der Waals surface area contributed by atoms with Crippen LogP contribution in [0.4, 0.5) is 0 Å². The summed E-state index contributed by atoms with van der Waals surface area (Å²) in [5.41, 5.74) is 0. The van der Waals surface area contributed by atoms with Crippen LogP contribution in [0.1, 0.15) is 25.7 Å². The SMILES string of the molecule is Cl.O=C(NCC1CCCN(C(=O)Cn2cc(Br)cn2)C1)C1CCCN1. The van der Waals surface area contributed by atoms with Crippen molar-refractivity contribution < 1.29 is 9.59 Å². The largest absolute Gasteiger partial charge is 0.354 e. The Bertz CT molecular complexity index is 591. The zero-order valence-corrected chi connectivity index (χ0v) is 16.5. The van der Waals surface area contributed by atoms with Crippen LogP contribution in [0.5, 0.6) is 0 Å². The predicted molar refractivity (Wildman–Crippen MR) is 101 cm³/mol. The van der Waals surface area contributed by atoms with Gasteiger partial charge in [-0.05, 0) is 54.1 Å². The summed E-state index contributed by atoms with van der Waals surface area (Å²) in [7, 11) is 0. The predicted octanol–water partition coefficient (Wildman–Crippen LogP) is 1.17. The highest BCUT2D eigenvalue weighted by atomic mass is 79.9. The van der Waals surface area contributed by atoms with E-state index >= 15 is 0 Å². The van der Waals surface area contributed by atoms with Crippen molar-refractivity contribution in [2.24, 2.45) is 5.92 Å². The van der Waals surface area contributed by atoms with Crippen LogP contribution in [0.15, 0.2) is 16.9 Å². The first-order chi connectivity index (χ1) is 11.6. The summed E-state index contributed by atoms with van der Waals surface area (Å²) < 4.78 is 2.51. The molecule has 2 amide bonds. The maximum atomic E-state index is 12.4. The van der Waals surface area contributed by atoms with Crippen molar-refractivity contribution in [1.82, 2.24) is 25.3 Å². The van der Waals surface area contributed by atoms with Crippen molar-refractivity contribution in [3.05, 3.63) is 16.9 Å². The minimum Gasteiger partial charge on any atom is -0.354 e. The van der Waals surface area contributed by atoms with Crippen LogP contribution in [-0.2, 0) is 16.1 Å². The van der Waals surface area contributed by atoms with Crippen molar-refractivity contribution in [2.45, 2.75) is 38.3 Å². The first-order valence-electron chi connectivity index (χ1n) is 8.58. The lowest BCUT2D eigenvalue weighted by atomic mass is 9.97. The van der Waals surface area contributed by atoms with Crippen LogP contribution in [0.3, 0.4) is 0 Å². The van der Waals surface area contributed by atoms with Crippen molar-refractivity contribution in [2.75, 3.05) is 26.2 Å².